The second-order valence-corrected chi connectivity index (χ2v) is 4.47. The monoisotopic (exact) mass is 275 g/mol. The van der Waals surface area contributed by atoms with E-state index in [1.54, 1.807) is 0 Å². The van der Waals surface area contributed by atoms with Gasteiger partial charge in [-0.1, -0.05) is 34.5 Å². The minimum Gasteiger partial charge on any atom is -0.310 e. The Balaban J connectivity index is 0.000000980. The van der Waals surface area contributed by atoms with Crippen LogP contribution in [0.2, 0.25) is 0 Å². The van der Waals surface area contributed by atoms with E-state index in [2.05, 4.69) is 45.5 Å². The Morgan fingerprint density at radius 2 is 1.86 bits per heavy atom. The molecular formula is C11H15BrClN. The van der Waals surface area contributed by atoms with Gasteiger partial charge in [-0.15, -0.1) is 12.4 Å². The van der Waals surface area contributed by atoms with Gasteiger partial charge in [0.1, 0.15) is 0 Å². The molecule has 0 unspecified atom stereocenters. The van der Waals surface area contributed by atoms with Crippen LogP contribution in [0.25, 0.3) is 0 Å². The quantitative estimate of drug-likeness (QED) is 0.825. The van der Waals surface area contributed by atoms with E-state index in [1.807, 2.05) is 0 Å². The lowest BCUT2D eigenvalue weighted by Gasteiger charge is -2.23. The van der Waals surface area contributed by atoms with E-state index in [4.69, 9.17) is 0 Å². The van der Waals surface area contributed by atoms with E-state index in [9.17, 15) is 0 Å². The average molecular weight is 277 g/mol. The molecule has 3 heteroatoms. The lowest BCUT2D eigenvalue weighted by molar-refractivity contribution is 0.412. The maximum atomic E-state index is 3.54. The summed E-state index contributed by atoms with van der Waals surface area (Å²) in [5.74, 6) is 0. The molecule has 1 fully saturated rings. The van der Waals surface area contributed by atoms with E-state index in [-0.39, 0.29) is 12.4 Å². The molecule has 1 nitrogen and oxygen atoms in total. The van der Waals surface area contributed by atoms with Crippen molar-refractivity contribution in [2.45, 2.75) is 25.3 Å². The van der Waals surface area contributed by atoms with Gasteiger partial charge in [-0.3, -0.25) is 0 Å². The zero-order valence-corrected chi connectivity index (χ0v) is 10.4. The molecule has 78 valence electrons. The third kappa shape index (κ3) is 2.97. The Labute approximate surface area is 99.8 Å². The molecule has 1 aromatic rings. The minimum absolute atomic E-state index is 0. The van der Waals surface area contributed by atoms with Crippen molar-refractivity contribution in [1.29, 1.82) is 0 Å². The summed E-state index contributed by atoms with van der Waals surface area (Å²) in [5.41, 5.74) is 1.42. The fourth-order valence-corrected chi connectivity index (χ4v) is 2.10. The van der Waals surface area contributed by atoms with Crippen molar-refractivity contribution in [3.63, 3.8) is 0 Å². The molecule has 0 saturated carbocycles. The number of halogens is 2. The number of hydrogen-bond acceptors (Lipinski definition) is 1. The number of rotatable bonds is 1. The van der Waals surface area contributed by atoms with Gasteiger partial charge in [-0.25, -0.2) is 0 Å². The minimum atomic E-state index is 0. The molecule has 1 N–H and O–H groups in total. The third-order valence-corrected chi connectivity index (χ3v) is 3.11. The Bertz CT molecular complexity index is 267. The highest BCUT2D eigenvalue weighted by Gasteiger charge is 2.13. The van der Waals surface area contributed by atoms with Gasteiger partial charge in [0.05, 0.1) is 0 Å². The van der Waals surface area contributed by atoms with Crippen molar-refractivity contribution < 1.29 is 0 Å². The molecule has 0 aliphatic carbocycles. The van der Waals surface area contributed by atoms with E-state index in [1.165, 1.54) is 31.4 Å². The number of nitrogens with one attached hydrogen (secondary N) is 1. The van der Waals surface area contributed by atoms with E-state index < -0.39 is 0 Å². The number of benzene rings is 1. The van der Waals surface area contributed by atoms with Crippen molar-refractivity contribution in [2.24, 2.45) is 0 Å². The normalized spacial score (nSPS) is 21.4. The maximum absolute atomic E-state index is 3.54. The Morgan fingerprint density at radius 3 is 2.43 bits per heavy atom. The van der Waals surface area contributed by atoms with Crippen LogP contribution < -0.4 is 5.32 Å². The lowest BCUT2D eigenvalue weighted by Crippen LogP contribution is -2.26. The Morgan fingerprint density at radius 1 is 1.14 bits per heavy atom. The van der Waals surface area contributed by atoms with Crippen LogP contribution in [0.1, 0.15) is 30.9 Å². The summed E-state index contributed by atoms with van der Waals surface area (Å²) in [6.07, 6.45) is 3.96. The fraction of sp³-hybridized carbons (Fsp3) is 0.455. The van der Waals surface area contributed by atoms with Crippen molar-refractivity contribution in [3.8, 4) is 0 Å². The first-order valence-corrected chi connectivity index (χ1v) is 5.64. The first kappa shape index (κ1) is 12.0. The molecule has 0 bridgehead atoms. The van der Waals surface area contributed by atoms with Gasteiger partial charge in [0.15, 0.2) is 0 Å². The summed E-state index contributed by atoms with van der Waals surface area (Å²) in [7, 11) is 0. The molecule has 2 rings (SSSR count). The van der Waals surface area contributed by atoms with Crippen LogP contribution in [-0.4, -0.2) is 6.54 Å². The highest BCUT2D eigenvalue weighted by Crippen LogP contribution is 2.23. The molecule has 14 heavy (non-hydrogen) atoms. The van der Waals surface area contributed by atoms with Gasteiger partial charge < -0.3 is 5.32 Å². The highest BCUT2D eigenvalue weighted by atomic mass is 79.9. The van der Waals surface area contributed by atoms with Crippen LogP contribution in [0.15, 0.2) is 28.7 Å². The van der Waals surface area contributed by atoms with Gasteiger partial charge in [0, 0.05) is 10.5 Å². The third-order valence-electron chi connectivity index (χ3n) is 2.58. The van der Waals surface area contributed by atoms with Crippen LogP contribution >= 0.6 is 28.3 Å². The summed E-state index contributed by atoms with van der Waals surface area (Å²) in [6, 6.07) is 9.22. The van der Waals surface area contributed by atoms with Crippen molar-refractivity contribution >= 4 is 28.3 Å². The van der Waals surface area contributed by atoms with E-state index >= 15 is 0 Å². The molecular weight excluding hydrogens is 261 g/mol. The predicted octanol–water partition coefficient (Wildman–Crippen LogP) is 3.69. The Kier molecular flexibility index (Phi) is 4.93. The Hall–Kier alpha value is -0.0500. The smallest absolute Gasteiger partial charge is 0.0320 e. The average Bonchev–Trinajstić information content (AvgIpc) is 2.20. The summed E-state index contributed by atoms with van der Waals surface area (Å²) in [4.78, 5) is 0. The zero-order chi connectivity index (χ0) is 9.10. The van der Waals surface area contributed by atoms with Gasteiger partial charge in [0.25, 0.3) is 0 Å². The second kappa shape index (κ2) is 5.74. The molecule has 0 spiro atoms. The predicted molar refractivity (Wildman–Crippen MR) is 66.0 cm³/mol. The first-order valence-electron chi connectivity index (χ1n) is 4.85. The summed E-state index contributed by atoms with van der Waals surface area (Å²) in [5, 5.41) is 3.54. The zero-order valence-electron chi connectivity index (χ0n) is 8.00. The topological polar surface area (TPSA) is 12.0 Å². The summed E-state index contributed by atoms with van der Waals surface area (Å²) >= 11 is 3.45. The van der Waals surface area contributed by atoms with Gasteiger partial charge in [-0.2, -0.15) is 0 Å². The molecule has 1 atom stereocenters. The standard InChI is InChI=1S/C11H14BrN.ClH/c12-10-6-4-9(5-7-10)11-3-1-2-8-13-11;/h4-7,11,13H,1-3,8H2;1H/t11-;/m0./s1. The molecule has 1 heterocycles. The largest absolute Gasteiger partial charge is 0.310 e. The SMILES string of the molecule is Brc1ccc([C@@H]2CCCCN2)cc1.Cl. The van der Waals surface area contributed by atoms with Gasteiger partial charge >= 0.3 is 0 Å². The van der Waals surface area contributed by atoms with Crippen LogP contribution in [-0.2, 0) is 0 Å². The molecule has 0 amide bonds. The van der Waals surface area contributed by atoms with Gasteiger partial charge in [0.2, 0.25) is 0 Å². The van der Waals surface area contributed by atoms with Crippen LogP contribution in [0.3, 0.4) is 0 Å². The van der Waals surface area contributed by atoms with Crippen LogP contribution in [0.4, 0.5) is 0 Å². The summed E-state index contributed by atoms with van der Waals surface area (Å²) in [6.45, 7) is 1.17. The number of piperidine rings is 1. The van der Waals surface area contributed by atoms with Crippen molar-refractivity contribution in [3.05, 3.63) is 34.3 Å². The lowest BCUT2D eigenvalue weighted by atomic mass is 9.98. The van der Waals surface area contributed by atoms with Crippen molar-refractivity contribution in [2.75, 3.05) is 6.54 Å². The molecule has 1 saturated heterocycles. The molecule has 1 aromatic carbocycles. The van der Waals surface area contributed by atoms with E-state index in [0.717, 1.165) is 4.47 Å². The maximum Gasteiger partial charge on any atom is 0.0320 e. The molecule has 0 aromatic heterocycles. The number of hydrogen-bond donors (Lipinski definition) is 1. The van der Waals surface area contributed by atoms with Crippen molar-refractivity contribution in [1.82, 2.24) is 5.32 Å². The second-order valence-electron chi connectivity index (χ2n) is 3.55. The summed E-state index contributed by atoms with van der Waals surface area (Å²) < 4.78 is 1.16. The van der Waals surface area contributed by atoms with E-state index in [0.29, 0.717) is 6.04 Å². The first-order chi connectivity index (χ1) is 6.36. The fourth-order valence-electron chi connectivity index (χ4n) is 1.83. The van der Waals surface area contributed by atoms with Crippen LogP contribution in [0.5, 0.6) is 0 Å². The molecule has 1 aliphatic heterocycles. The highest BCUT2D eigenvalue weighted by molar-refractivity contribution is 9.10. The van der Waals surface area contributed by atoms with Gasteiger partial charge in [-0.05, 0) is 37.1 Å². The molecule has 1 aliphatic rings. The van der Waals surface area contributed by atoms with Crippen LogP contribution in [0, 0.1) is 0 Å². The molecule has 0 radical (unpaired) electrons.